The molecule has 1 radical (unpaired) electrons. The molecule has 0 heteroatoms. The Kier molecular flexibility index (Phi) is 5.87. The number of hydrogen-bond acceptors (Lipinski definition) is 0. The van der Waals surface area contributed by atoms with Crippen LogP contribution in [0.4, 0.5) is 0 Å². The fourth-order valence-corrected chi connectivity index (χ4v) is 1.19. The van der Waals surface area contributed by atoms with Gasteiger partial charge in [-0.15, -0.1) is 0 Å². The number of rotatable bonds is 0. The molecule has 0 unspecified atom stereocenters. The van der Waals surface area contributed by atoms with Gasteiger partial charge in [-0.2, -0.15) is 0 Å². The maximum absolute atomic E-state index is 3.23. The van der Waals surface area contributed by atoms with Gasteiger partial charge in [-0.3, -0.25) is 0 Å². The van der Waals surface area contributed by atoms with Crippen LogP contribution in [-0.2, 0) is 0 Å². The molecule has 0 aromatic heterocycles. The zero-order valence-electron chi connectivity index (χ0n) is 8.08. The first kappa shape index (κ1) is 10.0. The third-order valence-electron chi connectivity index (χ3n) is 1.93. The van der Waals surface area contributed by atoms with Crippen LogP contribution < -0.4 is 0 Å². The van der Waals surface area contributed by atoms with Crippen molar-refractivity contribution in [1.29, 1.82) is 0 Å². The second kappa shape index (κ2) is 7.60. The van der Waals surface area contributed by atoms with E-state index in [-0.39, 0.29) is 0 Å². The highest BCUT2D eigenvalue weighted by Crippen LogP contribution is 2.00. The summed E-state index contributed by atoms with van der Waals surface area (Å²) in [7, 11) is 0. The molecule has 0 saturated carbocycles. The van der Waals surface area contributed by atoms with Gasteiger partial charge in [-0.25, -0.2) is 0 Å². The monoisotopic (exact) mass is 173 g/mol. The standard InChI is InChI=1S/C13H17/c1-2-4-6-8-10-12-13-11-9-7-5-3-1/h1-4,10-11,13H,5-7,9,12H2. The van der Waals surface area contributed by atoms with Crippen molar-refractivity contribution >= 4 is 0 Å². The van der Waals surface area contributed by atoms with E-state index in [0.29, 0.717) is 0 Å². The number of allylic oxidation sites excluding steroid dienone is 8. The van der Waals surface area contributed by atoms with Crippen molar-refractivity contribution in [1.82, 2.24) is 0 Å². The molecule has 0 aromatic rings. The van der Waals surface area contributed by atoms with Crippen LogP contribution in [0.1, 0.15) is 32.1 Å². The Morgan fingerprint density at radius 3 is 2.69 bits per heavy atom. The van der Waals surface area contributed by atoms with Crippen LogP contribution in [-0.4, -0.2) is 0 Å². The van der Waals surface area contributed by atoms with Crippen LogP contribution in [0.3, 0.4) is 0 Å². The lowest BCUT2D eigenvalue weighted by molar-refractivity contribution is 0.866. The summed E-state index contributed by atoms with van der Waals surface area (Å²) < 4.78 is 0. The predicted molar refractivity (Wildman–Crippen MR) is 58.3 cm³/mol. The van der Waals surface area contributed by atoms with E-state index in [1.165, 1.54) is 19.3 Å². The van der Waals surface area contributed by atoms with Gasteiger partial charge >= 0.3 is 0 Å². The summed E-state index contributed by atoms with van der Waals surface area (Å²) in [6.07, 6.45) is 24.0. The van der Waals surface area contributed by atoms with Crippen molar-refractivity contribution in [2.24, 2.45) is 0 Å². The van der Waals surface area contributed by atoms with Gasteiger partial charge in [0, 0.05) is 0 Å². The molecule has 1 rings (SSSR count). The van der Waals surface area contributed by atoms with Crippen molar-refractivity contribution in [3.63, 3.8) is 0 Å². The zero-order valence-corrected chi connectivity index (χ0v) is 8.08. The van der Waals surface area contributed by atoms with Crippen LogP contribution in [0.2, 0.25) is 0 Å². The molecule has 69 valence electrons. The largest absolute Gasteiger partial charge is 0.0882 e. The predicted octanol–water partition coefficient (Wildman–Crippen LogP) is 3.98. The normalized spacial score (nSPS) is 19.1. The summed E-state index contributed by atoms with van der Waals surface area (Å²) in [5, 5.41) is 0. The van der Waals surface area contributed by atoms with Crippen molar-refractivity contribution in [3.05, 3.63) is 48.6 Å². The van der Waals surface area contributed by atoms with E-state index in [1.807, 2.05) is 0 Å². The molecule has 0 aliphatic heterocycles. The minimum absolute atomic E-state index is 0.929. The van der Waals surface area contributed by atoms with Crippen LogP contribution in [0.15, 0.2) is 42.5 Å². The van der Waals surface area contributed by atoms with E-state index in [1.54, 1.807) is 0 Å². The Morgan fingerprint density at radius 2 is 1.69 bits per heavy atom. The second-order valence-corrected chi connectivity index (χ2v) is 3.11. The lowest BCUT2D eigenvalue weighted by Crippen LogP contribution is -1.68. The Hall–Kier alpha value is -1.04. The van der Waals surface area contributed by atoms with E-state index in [2.05, 4.69) is 48.6 Å². The lowest BCUT2D eigenvalue weighted by Gasteiger charge is -1.88. The van der Waals surface area contributed by atoms with Crippen molar-refractivity contribution in [3.8, 4) is 0 Å². The van der Waals surface area contributed by atoms with Gasteiger partial charge in [-0.1, -0.05) is 42.5 Å². The zero-order chi connectivity index (χ0) is 9.19. The van der Waals surface area contributed by atoms with Gasteiger partial charge in [0.1, 0.15) is 0 Å². The Labute approximate surface area is 81.4 Å². The second-order valence-electron chi connectivity index (χ2n) is 3.11. The molecule has 0 fully saturated rings. The molecule has 0 saturated heterocycles. The average Bonchev–Trinajstić information content (AvgIpc) is 2.18. The van der Waals surface area contributed by atoms with E-state index in [0.717, 1.165) is 12.8 Å². The molecule has 0 spiro atoms. The minimum Gasteiger partial charge on any atom is -0.0882 e. The maximum Gasteiger partial charge on any atom is -0.00946 e. The highest BCUT2D eigenvalue weighted by atomic mass is 13.9. The van der Waals surface area contributed by atoms with E-state index >= 15 is 0 Å². The average molecular weight is 173 g/mol. The van der Waals surface area contributed by atoms with Crippen molar-refractivity contribution in [2.75, 3.05) is 0 Å². The summed E-state index contributed by atoms with van der Waals surface area (Å²) in [5.41, 5.74) is 0. The highest BCUT2D eigenvalue weighted by molar-refractivity contribution is 5.04. The molecule has 0 aromatic carbocycles. The minimum atomic E-state index is 0.929. The molecule has 0 heterocycles. The summed E-state index contributed by atoms with van der Waals surface area (Å²) in [6.45, 7) is 0. The van der Waals surface area contributed by atoms with Gasteiger partial charge in [0.15, 0.2) is 0 Å². The first-order chi connectivity index (χ1) is 6.50. The summed E-state index contributed by atoms with van der Waals surface area (Å²) in [4.78, 5) is 0. The van der Waals surface area contributed by atoms with Crippen LogP contribution >= 0.6 is 0 Å². The third kappa shape index (κ3) is 6.15. The van der Waals surface area contributed by atoms with Crippen LogP contribution in [0, 0.1) is 6.08 Å². The molecule has 0 nitrogen and oxygen atoms in total. The van der Waals surface area contributed by atoms with Crippen LogP contribution in [0.25, 0.3) is 0 Å². The van der Waals surface area contributed by atoms with Gasteiger partial charge in [0.2, 0.25) is 0 Å². The fraction of sp³-hybridized carbons (Fsp3) is 0.385. The Balaban J connectivity index is 2.38. The molecule has 0 atom stereocenters. The molecule has 1 aliphatic carbocycles. The maximum atomic E-state index is 3.23. The lowest BCUT2D eigenvalue weighted by atomic mass is 10.2. The fourth-order valence-electron chi connectivity index (χ4n) is 1.19. The highest BCUT2D eigenvalue weighted by Gasteiger charge is 1.80. The molecule has 0 bridgehead atoms. The summed E-state index contributed by atoms with van der Waals surface area (Å²) >= 11 is 0. The molecule has 0 amide bonds. The van der Waals surface area contributed by atoms with Gasteiger partial charge in [0.25, 0.3) is 0 Å². The molecule has 1 aliphatic rings. The molecule has 0 N–H and O–H groups in total. The first-order valence-corrected chi connectivity index (χ1v) is 5.02. The summed E-state index contributed by atoms with van der Waals surface area (Å²) in [5.74, 6) is 0. The van der Waals surface area contributed by atoms with Gasteiger partial charge in [-0.05, 0) is 38.2 Å². The van der Waals surface area contributed by atoms with E-state index in [9.17, 15) is 0 Å². The quantitative estimate of drug-likeness (QED) is 0.486. The van der Waals surface area contributed by atoms with E-state index in [4.69, 9.17) is 0 Å². The van der Waals surface area contributed by atoms with E-state index < -0.39 is 0 Å². The first-order valence-electron chi connectivity index (χ1n) is 5.02. The van der Waals surface area contributed by atoms with Crippen molar-refractivity contribution < 1.29 is 0 Å². The van der Waals surface area contributed by atoms with Crippen molar-refractivity contribution in [2.45, 2.75) is 32.1 Å². The molecular formula is C13H17. The SMILES string of the molecule is [C]1=CCC=CCCCC=CC=CC1. The van der Waals surface area contributed by atoms with Gasteiger partial charge < -0.3 is 0 Å². The summed E-state index contributed by atoms with van der Waals surface area (Å²) in [6, 6.07) is 0. The third-order valence-corrected chi connectivity index (χ3v) is 1.93. The Morgan fingerprint density at radius 1 is 0.846 bits per heavy atom. The van der Waals surface area contributed by atoms with Crippen LogP contribution in [0.5, 0.6) is 0 Å². The molecule has 13 heavy (non-hydrogen) atoms. The molecular weight excluding hydrogens is 156 g/mol. The topological polar surface area (TPSA) is 0 Å². The van der Waals surface area contributed by atoms with Gasteiger partial charge in [0.05, 0.1) is 0 Å². The smallest absolute Gasteiger partial charge is 0.00946 e. The Bertz CT molecular complexity index is 216. The number of hydrogen-bond donors (Lipinski definition) is 0.